The van der Waals surface area contributed by atoms with Crippen LogP contribution < -0.4 is 16.4 Å². The lowest BCUT2D eigenvalue weighted by atomic mass is 9.96. The highest BCUT2D eigenvalue weighted by atomic mass is 16.6. The molecule has 11 heteroatoms. The van der Waals surface area contributed by atoms with Gasteiger partial charge in [-0.1, -0.05) is 61.4 Å². The smallest absolute Gasteiger partial charge is 0.408 e. The summed E-state index contributed by atoms with van der Waals surface area (Å²) in [6.45, 7) is 12.1. The second-order valence-corrected chi connectivity index (χ2v) is 13.8. The molecule has 0 bridgehead atoms. The zero-order valence-electron chi connectivity index (χ0n) is 28.2. The second kappa shape index (κ2) is 15.2. The van der Waals surface area contributed by atoms with E-state index in [0.717, 1.165) is 5.56 Å². The summed E-state index contributed by atoms with van der Waals surface area (Å²) in [7, 11) is 0. The Kier molecular flexibility index (Phi) is 11.8. The molecule has 3 rings (SSSR count). The molecule has 5 unspecified atom stereocenters. The van der Waals surface area contributed by atoms with Crippen molar-refractivity contribution in [1.29, 1.82) is 0 Å². The summed E-state index contributed by atoms with van der Waals surface area (Å²) in [5.74, 6) is -0.357. The summed E-state index contributed by atoms with van der Waals surface area (Å²) in [5, 5.41) is 5.32. The van der Waals surface area contributed by atoms with Gasteiger partial charge in [0.15, 0.2) is 0 Å². The Morgan fingerprint density at radius 1 is 0.915 bits per heavy atom. The maximum Gasteiger partial charge on any atom is 0.408 e. The topological polar surface area (TPSA) is 157 Å². The van der Waals surface area contributed by atoms with Crippen molar-refractivity contribution in [3.63, 3.8) is 0 Å². The molecule has 0 radical (unpaired) electrons. The zero-order valence-corrected chi connectivity index (χ0v) is 28.2. The first-order chi connectivity index (χ1) is 21.9. The summed E-state index contributed by atoms with van der Waals surface area (Å²) in [6, 6.07) is 11.4. The number of terminal acetylenes is 1. The number of nitrogens with two attached hydrogens (primary N) is 1. The number of carbonyl (C=O) groups excluding carboxylic acids is 5. The zero-order chi connectivity index (χ0) is 35.1. The van der Waals surface area contributed by atoms with E-state index >= 15 is 0 Å². The molecule has 0 spiro atoms. The second-order valence-electron chi connectivity index (χ2n) is 13.8. The molecule has 11 nitrogen and oxygen atoms in total. The standard InChI is InChI=1S/C36H46N4O7/c1-9-24-17-13-14-18-25(24)30(31(42)38-27(33(44)46-35(3,4)5)20-23-15-11-10-12-16-23)40(28-19-22(28)2)32(43)26(21-29(37)41)39-34(45)47-36(6,7)8/h1,10-18,22,26-28,30H,19-21H2,2-8H3,(H2,37,41)(H,38,42)(H,39,45). The van der Waals surface area contributed by atoms with E-state index in [1.165, 1.54) is 4.90 Å². The number of esters is 1. The first-order valence-corrected chi connectivity index (χ1v) is 15.6. The van der Waals surface area contributed by atoms with E-state index in [1.807, 2.05) is 37.3 Å². The average molecular weight is 647 g/mol. The fourth-order valence-electron chi connectivity index (χ4n) is 5.15. The largest absolute Gasteiger partial charge is 0.458 e. The predicted molar refractivity (Wildman–Crippen MR) is 176 cm³/mol. The van der Waals surface area contributed by atoms with Gasteiger partial charge in [0.2, 0.25) is 17.7 Å². The fraction of sp³-hybridized carbons (Fsp3) is 0.472. The van der Waals surface area contributed by atoms with E-state index in [1.54, 1.807) is 65.8 Å². The number of hydrogen-bond acceptors (Lipinski definition) is 7. The predicted octanol–water partition coefficient (Wildman–Crippen LogP) is 3.78. The van der Waals surface area contributed by atoms with Gasteiger partial charge in [-0.15, -0.1) is 6.42 Å². The van der Waals surface area contributed by atoms with Crippen molar-refractivity contribution in [2.45, 2.75) is 103 Å². The maximum atomic E-state index is 14.5. The third-order valence-electron chi connectivity index (χ3n) is 7.30. The van der Waals surface area contributed by atoms with Crippen LogP contribution in [-0.2, 0) is 35.1 Å². The summed E-state index contributed by atoms with van der Waals surface area (Å²) >= 11 is 0. The number of nitrogens with one attached hydrogen (secondary N) is 2. The Morgan fingerprint density at radius 2 is 1.49 bits per heavy atom. The van der Waals surface area contributed by atoms with Crippen molar-refractivity contribution in [1.82, 2.24) is 15.5 Å². The average Bonchev–Trinajstić information content (AvgIpc) is 3.68. The van der Waals surface area contributed by atoms with E-state index in [9.17, 15) is 24.0 Å². The van der Waals surface area contributed by atoms with Gasteiger partial charge in [-0.25, -0.2) is 9.59 Å². The van der Waals surface area contributed by atoms with Crippen LogP contribution in [0.1, 0.15) is 84.0 Å². The van der Waals surface area contributed by atoms with Gasteiger partial charge in [0, 0.05) is 18.0 Å². The highest BCUT2D eigenvalue weighted by molar-refractivity contribution is 5.96. The number of ether oxygens (including phenoxy) is 2. The van der Waals surface area contributed by atoms with Crippen LogP contribution in [0.25, 0.3) is 0 Å². The molecule has 0 saturated heterocycles. The van der Waals surface area contributed by atoms with Crippen molar-refractivity contribution < 1.29 is 33.4 Å². The Morgan fingerprint density at radius 3 is 2.02 bits per heavy atom. The third-order valence-corrected chi connectivity index (χ3v) is 7.30. The normalized spacial score (nSPS) is 17.6. The van der Waals surface area contributed by atoms with Crippen LogP contribution in [-0.4, -0.2) is 64.0 Å². The van der Waals surface area contributed by atoms with Crippen molar-refractivity contribution in [2.24, 2.45) is 11.7 Å². The Balaban J connectivity index is 2.12. The minimum atomic E-state index is -1.45. The first-order valence-electron chi connectivity index (χ1n) is 15.6. The minimum Gasteiger partial charge on any atom is -0.458 e. The lowest BCUT2D eigenvalue weighted by Gasteiger charge is -2.36. The van der Waals surface area contributed by atoms with Gasteiger partial charge in [0.1, 0.15) is 29.3 Å². The molecule has 1 aliphatic carbocycles. The molecule has 1 saturated carbocycles. The molecular formula is C36H46N4O7. The Bertz CT molecular complexity index is 1500. The number of nitrogens with zero attached hydrogens (tertiary/aromatic N) is 1. The minimum absolute atomic E-state index is 0.0195. The van der Waals surface area contributed by atoms with Crippen LogP contribution in [0.4, 0.5) is 4.79 Å². The number of carbonyl (C=O) groups is 5. The van der Waals surface area contributed by atoms with Gasteiger partial charge in [-0.05, 0) is 71.1 Å². The highest BCUT2D eigenvalue weighted by Gasteiger charge is 2.49. The first kappa shape index (κ1) is 36.6. The monoisotopic (exact) mass is 646 g/mol. The molecule has 0 heterocycles. The number of benzene rings is 2. The third kappa shape index (κ3) is 10.9. The van der Waals surface area contributed by atoms with Crippen LogP contribution in [0.5, 0.6) is 0 Å². The molecular weight excluding hydrogens is 600 g/mol. The molecule has 4 amide bonds. The molecule has 0 aliphatic heterocycles. The van der Waals surface area contributed by atoms with Gasteiger partial charge in [-0.3, -0.25) is 14.4 Å². The molecule has 252 valence electrons. The van der Waals surface area contributed by atoms with Crippen LogP contribution in [0, 0.1) is 18.3 Å². The molecule has 5 atom stereocenters. The van der Waals surface area contributed by atoms with Crippen LogP contribution in [0.15, 0.2) is 54.6 Å². The quantitative estimate of drug-likeness (QED) is 0.234. The highest BCUT2D eigenvalue weighted by Crippen LogP contribution is 2.41. The Labute approximate surface area is 276 Å². The van der Waals surface area contributed by atoms with Gasteiger partial charge >= 0.3 is 12.1 Å². The van der Waals surface area contributed by atoms with Crippen LogP contribution >= 0.6 is 0 Å². The molecule has 1 aliphatic rings. The lowest BCUT2D eigenvalue weighted by molar-refractivity contribution is -0.159. The summed E-state index contributed by atoms with van der Waals surface area (Å²) in [4.78, 5) is 68.7. The molecule has 2 aromatic carbocycles. The maximum absolute atomic E-state index is 14.5. The van der Waals surface area contributed by atoms with E-state index in [4.69, 9.17) is 21.6 Å². The van der Waals surface area contributed by atoms with E-state index in [-0.39, 0.29) is 12.3 Å². The number of primary amides is 1. The van der Waals surface area contributed by atoms with Crippen LogP contribution in [0.3, 0.4) is 0 Å². The summed E-state index contributed by atoms with van der Waals surface area (Å²) in [5.41, 5.74) is 5.23. The van der Waals surface area contributed by atoms with E-state index in [0.29, 0.717) is 17.5 Å². The van der Waals surface area contributed by atoms with Crippen molar-refractivity contribution >= 4 is 29.8 Å². The number of alkyl carbamates (subject to hydrolysis) is 1. The van der Waals surface area contributed by atoms with Gasteiger partial charge in [0.25, 0.3) is 0 Å². The van der Waals surface area contributed by atoms with Gasteiger partial charge in [0.05, 0.1) is 6.42 Å². The number of amides is 4. The fourth-order valence-corrected chi connectivity index (χ4v) is 5.15. The van der Waals surface area contributed by atoms with Gasteiger partial charge in [-0.2, -0.15) is 0 Å². The molecule has 47 heavy (non-hydrogen) atoms. The molecule has 4 N–H and O–H groups in total. The van der Waals surface area contributed by atoms with E-state index in [2.05, 4.69) is 16.6 Å². The van der Waals surface area contributed by atoms with Crippen molar-refractivity contribution in [3.8, 4) is 12.3 Å². The van der Waals surface area contributed by atoms with Crippen molar-refractivity contribution in [2.75, 3.05) is 0 Å². The van der Waals surface area contributed by atoms with Crippen molar-refractivity contribution in [3.05, 3.63) is 71.3 Å². The van der Waals surface area contributed by atoms with E-state index < -0.39 is 71.6 Å². The summed E-state index contributed by atoms with van der Waals surface area (Å²) < 4.78 is 11.0. The molecule has 0 aromatic heterocycles. The Hall–Kier alpha value is -4.85. The molecule has 1 fully saturated rings. The lowest BCUT2D eigenvalue weighted by Crippen LogP contribution is -2.56. The SMILES string of the molecule is C#Cc1ccccc1C(C(=O)NC(Cc1ccccc1)C(=O)OC(C)(C)C)N(C(=O)C(CC(N)=O)NC(=O)OC(C)(C)C)C1CC1C. The summed E-state index contributed by atoms with van der Waals surface area (Å²) in [6.07, 6.45) is 5.04. The van der Waals surface area contributed by atoms with Gasteiger partial charge < -0.3 is 30.7 Å². The molecule has 2 aromatic rings. The number of rotatable bonds is 12. The number of hydrogen-bond donors (Lipinski definition) is 3. The van der Waals surface area contributed by atoms with Crippen LogP contribution in [0.2, 0.25) is 0 Å².